The summed E-state index contributed by atoms with van der Waals surface area (Å²) in [7, 11) is 0. The van der Waals surface area contributed by atoms with Gasteiger partial charge in [-0.3, -0.25) is 4.79 Å². The highest BCUT2D eigenvalue weighted by Crippen LogP contribution is 2.36. The number of amides is 1. The van der Waals surface area contributed by atoms with Crippen molar-refractivity contribution in [1.82, 2.24) is 4.90 Å². The second-order valence-electron chi connectivity index (χ2n) is 7.86. The van der Waals surface area contributed by atoms with E-state index in [0.717, 1.165) is 24.8 Å². The number of hydrogen-bond donors (Lipinski definition) is 1. The minimum atomic E-state index is -0.575. The van der Waals surface area contributed by atoms with Crippen LogP contribution in [0.1, 0.15) is 58.6 Å². The Labute approximate surface area is 145 Å². The number of carbonyl (C=O) groups excluding carboxylic acids is 1. The van der Waals surface area contributed by atoms with Crippen LogP contribution in [-0.4, -0.2) is 41.2 Å². The van der Waals surface area contributed by atoms with E-state index < -0.39 is 11.7 Å². The average molecular weight is 333 g/mol. The van der Waals surface area contributed by atoms with E-state index in [2.05, 4.69) is 6.92 Å². The minimum Gasteiger partial charge on any atom is -0.396 e. The van der Waals surface area contributed by atoms with Gasteiger partial charge in [0.1, 0.15) is 0 Å². The van der Waals surface area contributed by atoms with E-state index in [1.165, 1.54) is 0 Å². The number of aliphatic hydroxyl groups is 1. The first-order chi connectivity index (χ1) is 11.3. The van der Waals surface area contributed by atoms with Crippen LogP contribution in [0.25, 0.3) is 0 Å². The van der Waals surface area contributed by atoms with Gasteiger partial charge in [0.25, 0.3) is 5.91 Å². The van der Waals surface area contributed by atoms with Crippen LogP contribution in [0.4, 0.5) is 0 Å². The molecule has 1 amide bonds. The molecule has 1 atom stereocenters. The zero-order chi connectivity index (χ0) is 17.8. The third-order valence-corrected chi connectivity index (χ3v) is 5.02. The molecular formula is C20H31NO3. The summed E-state index contributed by atoms with van der Waals surface area (Å²) in [4.78, 5) is 15.0. The van der Waals surface area contributed by atoms with Gasteiger partial charge in [-0.05, 0) is 51.0 Å². The number of ether oxygens (including phenoxy) is 1. The summed E-state index contributed by atoms with van der Waals surface area (Å²) in [5, 5.41) is 9.68. The first kappa shape index (κ1) is 18.9. The number of carbonyl (C=O) groups is 1. The van der Waals surface area contributed by atoms with Crippen LogP contribution in [0.5, 0.6) is 0 Å². The van der Waals surface area contributed by atoms with E-state index in [1.54, 1.807) is 0 Å². The first-order valence-electron chi connectivity index (χ1n) is 8.93. The van der Waals surface area contributed by atoms with Crippen LogP contribution in [0, 0.1) is 5.41 Å². The quantitative estimate of drug-likeness (QED) is 0.896. The topological polar surface area (TPSA) is 49.8 Å². The van der Waals surface area contributed by atoms with Crippen LogP contribution in [0.3, 0.4) is 0 Å². The Bertz CT molecular complexity index is 522. The highest BCUT2D eigenvalue weighted by Gasteiger charge is 2.37. The molecule has 1 unspecified atom stereocenters. The molecule has 1 N–H and O–H groups in total. The van der Waals surface area contributed by atoms with Gasteiger partial charge >= 0.3 is 0 Å². The van der Waals surface area contributed by atoms with Crippen LogP contribution in [0.15, 0.2) is 30.3 Å². The number of hydrogen-bond acceptors (Lipinski definition) is 3. The Hall–Kier alpha value is -1.39. The molecule has 0 radical (unpaired) electrons. The summed E-state index contributed by atoms with van der Waals surface area (Å²) in [6, 6.07) is 9.71. The molecule has 1 fully saturated rings. The van der Waals surface area contributed by atoms with Crippen LogP contribution >= 0.6 is 0 Å². The summed E-state index contributed by atoms with van der Waals surface area (Å²) < 4.78 is 6.10. The van der Waals surface area contributed by atoms with Crippen molar-refractivity contribution in [1.29, 1.82) is 0 Å². The molecule has 0 spiro atoms. The molecule has 2 rings (SSSR count). The number of rotatable bonds is 5. The van der Waals surface area contributed by atoms with Crippen molar-refractivity contribution in [2.75, 3.05) is 19.7 Å². The van der Waals surface area contributed by atoms with Gasteiger partial charge in [-0.2, -0.15) is 0 Å². The second-order valence-corrected chi connectivity index (χ2v) is 7.86. The third kappa shape index (κ3) is 4.58. The Morgan fingerprint density at radius 2 is 1.83 bits per heavy atom. The van der Waals surface area contributed by atoms with Gasteiger partial charge in [0.05, 0.1) is 5.60 Å². The lowest BCUT2D eigenvalue weighted by Crippen LogP contribution is -2.47. The van der Waals surface area contributed by atoms with E-state index in [-0.39, 0.29) is 17.9 Å². The Morgan fingerprint density at radius 3 is 2.29 bits per heavy atom. The Kier molecular flexibility index (Phi) is 6.05. The molecule has 4 nitrogen and oxygen atoms in total. The van der Waals surface area contributed by atoms with Crippen molar-refractivity contribution in [2.24, 2.45) is 5.41 Å². The van der Waals surface area contributed by atoms with Crippen LogP contribution in [0.2, 0.25) is 0 Å². The molecule has 1 saturated heterocycles. The Balaban J connectivity index is 2.14. The highest BCUT2D eigenvalue weighted by molar-refractivity contribution is 5.82. The predicted molar refractivity (Wildman–Crippen MR) is 95.6 cm³/mol. The minimum absolute atomic E-state index is 0.0239. The highest BCUT2D eigenvalue weighted by atomic mass is 16.5. The fraction of sp³-hybridized carbons (Fsp3) is 0.650. The van der Waals surface area contributed by atoms with Gasteiger partial charge in [-0.25, -0.2) is 0 Å². The zero-order valence-corrected chi connectivity index (χ0v) is 15.4. The number of aliphatic hydroxyl groups excluding tert-OH is 1. The molecule has 1 aliphatic rings. The standard InChI is InChI=1S/C20H31NO3/c1-5-20(15-22)11-13-21(14-12-20)18(23)17(24-19(2,3)4)16-9-7-6-8-10-16/h6-10,17,22H,5,11-15H2,1-4H3. The maximum Gasteiger partial charge on any atom is 0.256 e. The molecule has 1 aromatic rings. The molecule has 1 heterocycles. The van der Waals surface area contributed by atoms with E-state index in [1.807, 2.05) is 56.0 Å². The summed E-state index contributed by atoms with van der Waals surface area (Å²) in [6.07, 6.45) is 2.08. The number of piperidine rings is 1. The summed E-state index contributed by atoms with van der Waals surface area (Å²) in [5.41, 5.74) is 0.473. The smallest absolute Gasteiger partial charge is 0.256 e. The van der Waals surface area contributed by atoms with Crippen LogP contribution in [-0.2, 0) is 9.53 Å². The largest absolute Gasteiger partial charge is 0.396 e. The zero-order valence-electron chi connectivity index (χ0n) is 15.4. The molecule has 134 valence electrons. The summed E-state index contributed by atoms with van der Waals surface area (Å²) in [6.45, 7) is 9.60. The van der Waals surface area contributed by atoms with Gasteiger partial charge in [0.15, 0.2) is 6.10 Å². The molecule has 0 aromatic heterocycles. The molecule has 0 bridgehead atoms. The van der Waals surface area contributed by atoms with Gasteiger partial charge < -0.3 is 14.7 Å². The third-order valence-electron chi connectivity index (χ3n) is 5.02. The lowest BCUT2D eigenvalue weighted by molar-refractivity contribution is -0.156. The lowest BCUT2D eigenvalue weighted by Gasteiger charge is -2.41. The number of benzene rings is 1. The van der Waals surface area contributed by atoms with Gasteiger partial charge in [0, 0.05) is 19.7 Å². The van der Waals surface area contributed by atoms with Gasteiger partial charge in [0.2, 0.25) is 0 Å². The van der Waals surface area contributed by atoms with E-state index in [9.17, 15) is 9.90 Å². The first-order valence-corrected chi connectivity index (χ1v) is 8.93. The molecule has 0 saturated carbocycles. The second kappa shape index (κ2) is 7.66. The molecule has 0 aliphatic carbocycles. The summed E-state index contributed by atoms with van der Waals surface area (Å²) >= 11 is 0. The van der Waals surface area contributed by atoms with Crippen molar-refractivity contribution >= 4 is 5.91 Å². The van der Waals surface area contributed by atoms with Crippen molar-refractivity contribution in [3.63, 3.8) is 0 Å². The van der Waals surface area contributed by atoms with Crippen molar-refractivity contribution in [3.8, 4) is 0 Å². The van der Waals surface area contributed by atoms with E-state index in [4.69, 9.17) is 4.74 Å². The van der Waals surface area contributed by atoms with Crippen LogP contribution < -0.4 is 0 Å². The fourth-order valence-electron chi connectivity index (χ4n) is 3.23. The normalized spacial score (nSPS) is 19.1. The maximum absolute atomic E-state index is 13.1. The average Bonchev–Trinajstić information content (AvgIpc) is 2.59. The Morgan fingerprint density at radius 1 is 1.25 bits per heavy atom. The van der Waals surface area contributed by atoms with E-state index >= 15 is 0 Å². The molecule has 24 heavy (non-hydrogen) atoms. The molecular weight excluding hydrogens is 302 g/mol. The lowest BCUT2D eigenvalue weighted by atomic mass is 9.77. The number of likely N-dealkylation sites (tertiary alicyclic amines) is 1. The SMILES string of the molecule is CCC1(CO)CCN(C(=O)C(OC(C)(C)C)c2ccccc2)CC1. The maximum atomic E-state index is 13.1. The fourth-order valence-corrected chi connectivity index (χ4v) is 3.23. The predicted octanol–water partition coefficient (Wildman–Crippen LogP) is 3.55. The van der Waals surface area contributed by atoms with Crippen molar-refractivity contribution < 1.29 is 14.6 Å². The summed E-state index contributed by atoms with van der Waals surface area (Å²) in [5.74, 6) is 0.0266. The molecule has 4 heteroatoms. The monoisotopic (exact) mass is 333 g/mol. The van der Waals surface area contributed by atoms with Gasteiger partial charge in [-0.15, -0.1) is 0 Å². The van der Waals surface area contributed by atoms with Crippen molar-refractivity contribution in [3.05, 3.63) is 35.9 Å². The molecule has 1 aliphatic heterocycles. The number of nitrogens with zero attached hydrogens (tertiary/aromatic N) is 1. The van der Waals surface area contributed by atoms with Crippen molar-refractivity contribution in [2.45, 2.75) is 58.7 Å². The van der Waals surface area contributed by atoms with Gasteiger partial charge in [-0.1, -0.05) is 37.3 Å². The van der Waals surface area contributed by atoms with E-state index in [0.29, 0.717) is 13.1 Å². The molecule has 1 aromatic carbocycles.